The van der Waals surface area contributed by atoms with Gasteiger partial charge in [-0.15, -0.1) is 11.3 Å². The van der Waals surface area contributed by atoms with E-state index in [-0.39, 0.29) is 0 Å². The van der Waals surface area contributed by atoms with Crippen molar-refractivity contribution < 1.29 is 0 Å². The standard InChI is InChI=1S/C16H12N4S2/c1-17-16(21)18-9-6-7-13-10(8-9)14-15(22-13)20-12-5-3-2-4-11(12)19-14/h2-8H,1H3,(H2,17,18,21). The molecule has 6 heteroatoms. The summed E-state index contributed by atoms with van der Waals surface area (Å²) < 4.78 is 1.17. The Labute approximate surface area is 136 Å². The van der Waals surface area contributed by atoms with Crippen molar-refractivity contribution in [3.8, 4) is 0 Å². The lowest BCUT2D eigenvalue weighted by atomic mass is 10.2. The van der Waals surface area contributed by atoms with Crippen molar-refractivity contribution in [3.63, 3.8) is 0 Å². The highest BCUT2D eigenvalue weighted by molar-refractivity contribution is 7.80. The van der Waals surface area contributed by atoms with Crippen molar-refractivity contribution in [2.24, 2.45) is 0 Å². The first-order valence-electron chi connectivity index (χ1n) is 6.82. The molecule has 0 unspecified atom stereocenters. The van der Waals surface area contributed by atoms with Crippen LogP contribution in [0.1, 0.15) is 0 Å². The number of hydrogen-bond donors (Lipinski definition) is 2. The monoisotopic (exact) mass is 324 g/mol. The highest BCUT2D eigenvalue weighted by atomic mass is 32.1. The molecule has 4 nitrogen and oxygen atoms in total. The average molecular weight is 324 g/mol. The lowest BCUT2D eigenvalue weighted by molar-refractivity contribution is 1.20. The molecular weight excluding hydrogens is 312 g/mol. The zero-order chi connectivity index (χ0) is 15.1. The molecule has 2 heterocycles. The third-order valence-electron chi connectivity index (χ3n) is 3.46. The Hall–Kier alpha value is -2.31. The summed E-state index contributed by atoms with van der Waals surface area (Å²) >= 11 is 6.81. The normalized spacial score (nSPS) is 11.1. The predicted octanol–water partition coefficient (Wildman–Crippen LogP) is 3.91. The van der Waals surface area contributed by atoms with Gasteiger partial charge in [-0.3, -0.25) is 0 Å². The van der Waals surface area contributed by atoms with Crippen molar-refractivity contribution in [2.75, 3.05) is 12.4 Å². The molecule has 0 atom stereocenters. The molecule has 2 N–H and O–H groups in total. The Morgan fingerprint density at radius 1 is 1.09 bits per heavy atom. The highest BCUT2D eigenvalue weighted by Crippen LogP contribution is 2.34. The smallest absolute Gasteiger partial charge is 0.170 e. The first-order valence-corrected chi connectivity index (χ1v) is 8.05. The van der Waals surface area contributed by atoms with Crippen LogP contribution in [0.25, 0.3) is 31.5 Å². The second-order valence-corrected chi connectivity index (χ2v) is 6.32. The average Bonchev–Trinajstić information content (AvgIpc) is 2.89. The summed E-state index contributed by atoms with van der Waals surface area (Å²) in [5.74, 6) is 0. The molecule has 0 radical (unpaired) electrons. The van der Waals surface area contributed by atoms with Gasteiger partial charge in [-0.1, -0.05) is 12.1 Å². The van der Waals surface area contributed by atoms with Gasteiger partial charge in [0.05, 0.1) is 11.0 Å². The van der Waals surface area contributed by atoms with Crippen LogP contribution in [0.2, 0.25) is 0 Å². The number of rotatable bonds is 1. The second-order valence-electron chi connectivity index (χ2n) is 4.88. The Kier molecular flexibility index (Phi) is 3.13. The summed E-state index contributed by atoms with van der Waals surface area (Å²) in [7, 11) is 1.80. The third kappa shape index (κ3) is 2.17. The number of para-hydroxylation sites is 2. The molecule has 4 aromatic rings. The summed E-state index contributed by atoms with van der Waals surface area (Å²) in [5.41, 5.74) is 3.73. The van der Waals surface area contributed by atoms with E-state index in [0.717, 1.165) is 32.5 Å². The van der Waals surface area contributed by atoms with Gasteiger partial charge in [-0.2, -0.15) is 0 Å². The Bertz CT molecular complexity index is 1020. The number of aromatic nitrogens is 2. The van der Waals surface area contributed by atoms with Crippen molar-refractivity contribution >= 4 is 65.8 Å². The summed E-state index contributed by atoms with van der Waals surface area (Å²) in [6, 6.07) is 14.1. The third-order valence-corrected chi connectivity index (χ3v) is 4.82. The molecule has 0 saturated heterocycles. The van der Waals surface area contributed by atoms with E-state index in [1.165, 1.54) is 4.70 Å². The number of anilines is 1. The summed E-state index contributed by atoms with van der Waals surface area (Å²) in [4.78, 5) is 10.5. The van der Waals surface area contributed by atoms with Gasteiger partial charge < -0.3 is 10.6 Å². The second kappa shape index (κ2) is 5.15. The maximum Gasteiger partial charge on any atom is 0.170 e. The Balaban J connectivity index is 1.95. The molecule has 0 bridgehead atoms. The number of benzene rings is 2. The maximum absolute atomic E-state index is 5.15. The van der Waals surface area contributed by atoms with Crippen LogP contribution in [0.15, 0.2) is 42.5 Å². The zero-order valence-corrected chi connectivity index (χ0v) is 13.4. The number of thiophene rings is 1. The fourth-order valence-electron chi connectivity index (χ4n) is 2.41. The van der Waals surface area contributed by atoms with Crippen LogP contribution < -0.4 is 10.6 Å². The first-order chi connectivity index (χ1) is 10.7. The minimum atomic E-state index is 0.593. The molecule has 2 aromatic heterocycles. The van der Waals surface area contributed by atoms with Crippen LogP contribution in [0.3, 0.4) is 0 Å². The van der Waals surface area contributed by atoms with Crippen molar-refractivity contribution in [2.45, 2.75) is 0 Å². The van der Waals surface area contributed by atoms with Crippen LogP contribution in [0.4, 0.5) is 5.69 Å². The van der Waals surface area contributed by atoms with E-state index in [1.54, 1.807) is 18.4 Å². The van der Waals surface area contributed by atoms with Gasteiger partial charge in [0.2, 0.25) is 0 Å². The van der Waals surface area contributed by atoms with Crippen molar-refractivity contribution in [1.29, 1.82) is 0 Å². The van der Waals surface area contributed by atoms with Gasteiger partial charge in [0, 0.05) is 22.8 Å². The van der Waals surface area contributed by atoms with Crippen LogP contribution >= 0.6 is 23.6 Å². The van der Waals surface area contributed by atoms with Crippen molar-refractivity contribution in [1.82, 2.24) is 15.3 Å². The van der Waals surface area contributed by atoms with Crippen molar-refractivity contribution in [3.05, 3.63) is 42.5 Å². The molecular formula is C16H12N4S2. The van der Waals surface area contributed by atoms with E-state index in [1.807, 2.05) is 30.3 Å². The Morgan fingerprint density at radius 3 is 2.64 bits per heavy atom. The molecule has 0 aliphatic carbocycles. The van der Waals surface area contributed by atoms with Gasteiger partial charge >= 0.3 is 0 Å². The number of thiocarbonyl (C=S) groups is 1. The van der Waals surface area contributed by atoms with Gasteiger partial charge in [0.15, 0.2) is 5.11 Å². The molecule has 0 aliphatic rings. The van der Waals surface area contributed by atoms with Gasteiger partial charge in [0.1, 0.15) is 10.3 Å². The summed E-state index contributed by atoms with van der Waals surface area (Å²) in [6.07, 6.45) is 0. The lowest BCUT2D eigenvalue weighted by Gasteiger charge is -2.06. The lowest BCUT2D eigenvalue weighted by Crippen LogP contribution is -2.23. The molecule has 0 saturated carbocycles. The van der Waals surface area contributed by atoms with Gasteiger partial charge in [0.25, 0.3) is 0 Å². The minimum absolute atomic E-state index is 0.593. The molecule has 108 valence electrons. The number of hydrogen-bond acceptors (Lipinski definition) is 4. The van der Waals surface area contributed by atoms with E-state index in [0.29, 0.717) is 5.11 Å². The van der Waals surface area contributed by atoms with E-state index in [9.17, 15) is 0 Å². The minimum Gasteiger partial charge on any atom is -0.366 e. The predicted molar refractivity (Wildman–Crippen MR) is 97.7 cm³/mol. The number of nitrogens with zero attached hydrogens (tertiary/aromatic N) is 2. The van der Waals surface area contributed by atoms with Crippen LogP contribution in [0.5, 0.6) is 0 Å². The van der Waals surface area contributed by atoms with E-state index in [2.05, 4.69) is 22.8 Å². The zero-order valence-electron chi connectivity index (χ0n) is 11.8. The van der Waals surface area contributed by atoms with E-state index >= 15 is 0 Å². The SMILES string of the molecule is CNC(=S)Nc1ccc2sc3nc4ccccc4nc3c2c1. The number of nitrogens with one attached hydrogen (secondary N) is 2. The van der Waals surface area contributed by atoms with E-state index in [4.69, 9.17) is 22.2 Å². The van der Waals surface area contributed by atoms with Crippen LogP contribution in [0, 0.1) is 0 Å². The molecule has 22 heavy (non-hydrogen) atoms. The van der Waals surface area contributed by atoms with Gasteiger partial charge in [-0.05, 0) is 42.5 Å². The fourth-order valence-corrected chi connectivity index (χ4v) is 3.53. The first kappa shape index (κ1) is 13.4. The highest BCUT2D eigenvalue weighted by Gasteiger charge is 2.10. The number of fused-ring (bicyclic) bond motifs is 4. The van der Waals surface area contributed by atoms with Gasteiger partial charge in [-0.25, -0.2) is 9.97 Å². The molecule has 0 aliphatic heterocycles. The van der Waals surface area contributed by atoms with Crippen LogP contribution in [-0.4, -0.2) is 22.1 Å². The summed E-state index contributed by atoms with van der Waals surface area (Å²) in [6.45, 7) is 0. The molecule has 0 amide bonds. The summed E-state index contributed by atoms with van der Waals surface area (Å²) in [5, 5.41) is 7.76. The topological polar surface area (TPSA) is 49.8 Å². The largest absolute Gasteiger partial charge is 0.366 e. The molecule has 4 rings (SSSR count). The molecule has 2 aromatic carbocycles. The Morgan fingerprint density at radius 2 is 1.86 bits per heavy atom. The molecule has 0 spiro atoms. The maximum atomic E-state index is 5.15. The van der Waals surface area contributed by atoms with Crippen LogP contribution in [-0.2, 0) is 0 Å². The van der Waals surface area contributed by atoms with E-state index < -0.39 is 0 Å². The quantitative estimate of drug-likeness (QED) is 0.520. The molecule has 0 fully saturated rings. The fraction of sp³-hybridized carbons (Fsp3) is 0.0625.